The standard InChI is InChI=1S/C14H17NO/c1-11-8-9-15(14(11)10-12(2)16)13-6-4-3-5-7-13/h3-7,10-11H,8-9H2,1-2H3/b14-10+/i1D3,2D3,10D,11D. The highest BCUT2D eigenvalue weighted by molar-refractivity contribution is 5.88. The lowest BCUT2D eigenvalue weighted by atomic mass is 10.1. The van der Waals surface area contributed by atoms with E-state index in [-0.39, 0.29) is 18.7 Å². The van der Waals surface area contributed by atoms with Gasteiger partial charge in [0.25, 0.3) is 0 Å². The Bertz CT molecular complexity index is 664. The molecule has 2 heteroatoms. The maximum Gasteiger partial charge on any atom is 0.154 e. The molecule has 0 aromatic heterocycles. The molecule has 2 rings (SSSR count). The number of allylic oxidation sites excluding steroid dienone is 2. The summed E-state index contributed by atoms with van der Waals surface area (Å²) in [4.78, 5) is 13.4. The van der Waals surface area contributed by atoms with E-state index < -0.39 is 31.4 Å². The molecular weight excluding hydrogens is 198 g/mol. The number of anilines is 1. The van der Waals surface area contributed by atoms with Gasteiger partial charge in [-0.1, -0.05) is 25.1 Å². The highest BCUT2D eigenvalue weighted by atomic mass is 16.1. The Labute approximate surface area is 108 Å². The van der Waals surface area contributed by atoms with E-state index >= 15 is 0 Å². The molecule has 1 atom stereocenters. The summed E-state index contributed by atoms with van der Waals surface area (Å²) >= 11 is 0. The Balaban J connectivity index is 2.66. The van der Waals surface area contributed by atoms with E-state index in [0.717, 1.165) is 0 Å². The molecule has 1 aliphatic heterocycles. The van der Waals surface area contributed by atoms with Crippen molar-refractivity contribution >= 4 is 11.5 Å². The number of para-hydroxylation sites is 1. The SMILES string of the molecule is [2H]/C(C(=O)C([2H])([2H])[2H])=C1\N(c2ccccc2)CCC1([2H])C([2H])([2H])[2H]. The second-order valence-electron chi connectivity index (χ2n) is 3.52. The summed E-state index contributed by atoms with van der Waals surface area (Å²) in [5.41, 5.74) is 0.129. The van der Waals surface area contributed by atoms with E-state index in [1.165, 1.54) is 4.90 Å². The zero-order valence-electron chi connectivity index (χ0n) is 16.7. The molecule has 0 radical (unpaired) electrons. The van der Waals surface area contributed by atoms with Gasteiger partial charge in [-0.15, -0.1) is 0 Å². The van der Waals surface area contributed by atoms with Crippen molar-refractivity contribution in [3.63, 3.8) is 0 Å². The number of ketones is 1. The van der Waals surface area contributed by atoms with E-state index in [2.05, 4.69) is 0 Å². The van der Waals surface area contributed by atoms with Gasteiger partial charge in [-0.2, -0.15) is 0 Å². The van der Waals surface area contributed by atoms with Crippen LogP contribution in [0.15, 0.2) is 42.1 Å². The molecule has 1 unspecified atom stereocenters. The second-order valence-corrected chi connectivity index (χ2v) is 3.52. The summed E-state index contributed by atoms with van der Waals surface area (Å²) in [6, 6.07) is 7.50. The fraction of sp³-hybridized carbons (Fsp3) is 0.357. The van der Waals surface area contributed by atoms with Crippen molar-refractivity contribution < 1.29 is 15.8 Å². The number of carbonyl (C=O) groups is 1. The highest BCUT2D eigenvalue weighted by Crippen LogP contribution is 2.32. The fourth-order valence-corrected chi connectivity index (χ4v) is 1.73. The zero-order valence-corrected chi connectivity index (χ0v) is 8.66. The molecule has 2 nitrogen and oxygen atoms in total. The molecule has 0 spiro atoms. The molecule has 0 saturated carbocycles. The third-order valence-corrected chi connectivity index (χ3v) is 2.44. The minimum atomic E-state index is -3.06. The van der Waals surface area contributed by atoms with Gasteiger partial charge in [-0.25, -0.2) is 0 Å². The summed E-state index contributed by atoms with van der Waals surface area (Å²) in [6.45, 7) is -5.75. The van der Waals surface area contributed by atoms with Gasteiger partial charge in [0.15, 0.2) is 5.78 Å². The minimum absolute atomic E-state index is 0.109. The van der Waals surface area contributed by atoms with Crippen molar-refractivity contribution in [2.45, 2.75) is 20.1 Å². The molecule has 1 fully saturated rings. The monoisotopic (exact) mass is 223 g/mol. The number of carbonyl (C=O) groups excluding carboxylic acids is 1. The molecule has 0 bridgehead atoms. The van der Waals surface area contributed by atoms with E-state index in [1.54, 1.807) is 30.3 Å². The van der Waals surface area contributed by atoms with Crippen LogP contribution in [0, 0.1) is 5.89 Å². The van der Waals surface area contributed by atoms with Crippen LogP contribution in [0.3, 0.4) is 0 Å². The molecule has 1 saturated heterocycles. The normalized spacial score (nSPS) is 36.9. The number of rotatable bonds is 2. The topological polar surface area (TPSA) is 20.3 Å². The summed E-state index contributed by atoms with van der Waals surface area (Å²) in [5, 5.41) is 0. The fourth-order valence-electron chi connectivity index (χ4n) is 1.73. The van der Waals surface area contributed by atoms with Crippen LogP contribution in [-0.4, -0.2) is 12.3 Å². The lowest BCUT2D eigenvalue weighted by Gasteiger charge is -2.21. The number of hydrogen-bond donors (Lipinski definition) is 0. The smallest absolute Gasteiger partial charge is 0.154 e. The lowest BCUT2D eigenvalue weighted by molar-refractivity contribution is -0.112. The molecule has 16 heavy (non-hydrogen) atoms. The van der Waals surface area contributed by atoms with Crippen molar-refractivity contribution in [1.29, 1.82) is 0 Å². The first kappa shape index (κ1) is 4.74. The summed E-state index contributed by atoms with van der Waals surface area (Å²) in [5.74, 6) is -3.66. The van der Waals surface area contributed by atoms with E-state index in [0.29, 0.717) is 5.69 Å². The van der Waals surface area contributed by atoms with Crippen LogP contribution in [-0.2, 0) is 4.79 Å². The third-order valence-electron chi connectivity index (χ3n) is 2.44. The van der Waals surface area contributed by atoms with E-state index in [4.69, 9.17) is 11.0 Å². The van der Waals surface area contributed by atoms with Crippen molar-refractivity contribution in [1.82, 2.24) is 0 Å². The van der Waals surface area contributed by atoms with Crippen molar-refractivity contribution in [2.75, 3.05) is 11.4 Å². The zero-order chi connectivity index (χ0) is 18.3. The first-order valence-electron chi connectivity index (χ1n) is 8.98. The van der Waals surface area contributed by atoms with Gasteiger partial charge in [0.05, 0.1) is 1.37 Å². The van der Waals surface area contributed by atoms with Crippen LogP contribution < -0.4 is 4.90 Å². The number of hydrogen-bond acceptors (Lipinski definition) is 2. The quantitative estimate of drug-likeness (QED) is 0.718. The van der Waals surface area contributed by atoms with Gasteiger partial charge in [0.1, 0.15) is 0 Å². The van der Waals surface area contributed by atoms with Crippen LogP contribution in [0.2, 0.25) is 0 Å². The lowest BCUT2D eigenvalue weighted by Crippen LogP contribution is -2.17. The van der Waals surface area contributed by atoms with E-state index in [1.807, 2.05) is 0 Å². The van der Waals surface area contributed by atoms with Gasteiger partial charge < -0.3 is 4.90 Å². The summed E-state index contributed by atoms with van der Waals surface area (Å²) < 4.78 is 60.9. The maximum absolute atomic E-state index is 12.0. The molecule has 1 aromatic rings. The molecular formula is C14H17NO. The molecule has 0 aliphatic carbocycles. The molecule has 1 aliphatic rings. The Morgan fingerprint density at radius 2 is 2.44 bits per heavy atom. The van der Waals surface area contributed by atoms with Crippen molar-refractivity contribution in [3.05, 3.63) is 42.1 Å². The van der Waals surface area contributed by atoms with Crippen LogP contribution in [0.5, 0.6) is 0 Å². The third kappa shape index (κ3) is 2.16. The van der Waals surface area contributed by atoms with Crippen molar-refractivity contribution in [3.8, 4) is 0 Å². The predicted molar refractivity (Wildman–Crippen MR) is 66.3 cm³/mol. The molecule has 1 heterocycles. The second kappa shape index (κ2) is 4.52. The number of nitrogens with zero attached hydrogens (tertiary/aromatic N) is 1. The summed E-state index contributed by atoms with van der Waals surface area (Å²) in [7, 11) is 0. The van der Waals surface area contributed by atoms with Gasteiger partial charge in [-0.05, 0) is 31.3 Å². The van der Waals surface area contributed by atoms with Crippen LogP contribution >= 0.6 is 0 Å². The molecule has 84 valence electrons. The van der Waals surface area contributed by atoms with Gasteiger partial charge in [-0.3, -0.25) is 4.79 Å². The Morgan fingerprint density at radius 1 is 1.62 bits per heavy atom. The summed E-state index contributed by atoms with van der Waals surface area (Å²) in [6.07, 6.45) is -0.135. The largest absolute Gasteiger partial charge is 0.345 e. The molecule has 0 amide bonds. The Morgan fingerprint density at radius 3 is 3.12 bits per heavy atom. The maximum atomic E-state index is 12.0. The Kier molecular flexibility index (Phi) is 1.34. The first-order valence-corrected chi connectivity index (χ1v) is 4.98. The van der Waals surface area contributed by atoms with Gasteiger partial charge >= 0.3 is 0 Å². The van der Waals surface area contributed by atoms with Crippen LogP contribution in [0.25, 0.3) is 0 Å². The van der Waals surface area contributed by atoms with E-state index in [9.17, 15) is 4.79 Å². The average Bonchev–Trinajstić information content (AvgIpc) is 2.84. The first-order chi connectivity index (χ1) is 10.9. The highest BCUT2D eigenvalue weighted by Gasteiger charge is 2.25. The van der Waals surface area contributed by atoms with Gasteiger partial charge in [0.2, 0.25) is 0 Å². The van der Waals surface area contributed by atoms with Crippen LogP contribution in [0.1, 0.15) is 31.1 Å². The Hall–Kier alpha value is -1.57. The van der Waals surface area contributed by atoms with Crippen LogP contribution in [0.4, 0.5) is 5.69 Å². The minimum Gasteiger partial charge on any atom is -0.345 e. The molecule has 0 N–H and O–H groups in total. The molecule has 1 aromatic carbocycles. The van der Waals surface area contributed by atoms with Crippen molar-refractivity contribution in [2.24, 2.45) is 5.89 Å². The van der Waals surface area contributed by atoms with Gasteiger partial charge in [0, 0.05) is 33.6 Å². The predicted octanol–water partition coefficient (Wildman–Crippen LogP) is 3.01. The average molecular weight is 223 g/mol. The number of benzene rings is 1.